The summed E-state index contributed by atoms with van der Waals surface area (Å²) in [7, 11) is 0. The fourth-order valence-electron chi connectivity index (χ4n) is 2.94. The molecule has 26 heavy (non-hydrogen) atoms. The first-order valence-corrected chi connectivity index (χ1v) is 8.61. The number of aromatic nitrogens is 4. The number of rotatable bonds is 4. The lowest BCUT2D eigenvalue weighted by Crippen LogP contribution is -2.47. The minimum absolute atomic E-state index is 0.228. The van der Waals surface area contributed by atoms with E-state index in [-0.39, 0.29) is 11.2 Å². The number of nitrogens with one attached hydrogen (secondary N) is 1. The summed E-state index contributed by atoms with van der Waals surface area (Å²) in [4.78, 5) is 18.9. The molecule has 1 N–H and O–H groups in total. The number of fused-ring (bicyclic) bond motifs is 1. The molecule has 1 atom stereocenters. The van der Waals surface area contributed by atoms with E-state index in [4.69, 9.17) is 16.3 Å². The van der Waals surface area contributed by atoms with Gasteiger partial charge in [0.15, 0.2) is 5.65 Å². The van der Waals surface area contributed by atoms with Crippen molar-refractivity contribution in [2.24, 2.45) is 0 Å². The van der Waals surface area contributed by atoms with Crippen molar-refractivity contribution < 1.29 is 9.53 Å². The molecule has 3 aromatic rings. The van der Waals surface area contributed by atoms with E-state index in [9.17, 15) is 4.79 Å². The molecule has 0 bridgehead atoms. The van der Waals surface area contributed by atoms with Crippen LogP contribution in [0.4, 0.5) is 5.69 Å². The number of hydrogen-bond donors (Lipinski definition) is 1. The lowest BCUT2D eigenvalue weighted by atomic mass is 10.2. The molecule has 2 aromatic heterocycles. The fraction of sp³-hybridized carbons (Fsp3) is 0.294. The maximum absolute atomic E-state index is 12.6. The molecule has 1 saturated heterocycles. The predicted molar refractivity (Wildman–Crippen MR) is 95.9 cm³/mol. The highest BCUT2D eigenvalue weighted by molar-refractivity contribution is 6.28. The molecular formula is C17H17ClN6O2. The Hall–Kier alpha value is -2.55. The molecule has 1 amide bonds. The normalized spacial score (nSPS) is 18.1. The van der Waals surface area contributed by atoms with Crippen molar-refractivity contribution in [3.05, 3.63) is 53.7 Å². The average molecular weight is 373 g/mol. The Labute approximate surface area is 154 Å². The molecule has 4 rings (SSSR count). The lowest BCUT2D eigenvalue weighted by Gasteiger charge is -2.32. The van der Waals surface area contributed by atoms with Crippen LogP contribution >= 0.6 is 11.6 Å². The summed E-state index contributed by atoms with van der Waals surface area (Å²) in [6.45, 7) is 2.59. The topological polar surface area (TPSA) is 84.7 Å². The van der Waals surface area contributed by atoms with Crippen LogP contribution in [0.5, 0.6) is 0 Å². The number of ether oxygens (including phenoxy) is 1. The quantitative estimate of drug-likeness (QED) is 0.700. The van der Waals surface area contributed by atoms with E-state index in [0.29, 0.717) is 24.5 Å². The standard InChI is InChI=1S/C17H17ClN6O2/c18-17-19-8-13(15-22-20-11-24(15)17)21-16(25)14-10-23(6-7-26-14)9-12-4-2-1-3-5-12/h1-5,8,11,14H,6-7,9-10H2,(H,21,25). The second kappa shape index (κ2) is 7.36. The van der Waals surface area contributed by atoms with Crippen LogP contribution in [0.1, 0.15) is 5.56 Å². The summed E-state index contributed by atoms with van der Waals surface area (Å²) in [5.41, 5.74) is 2.09. The number of hydrogen-bond acceptors (Lipinski definition) is 6. The molecule has 1 aliphatic rings. The van der Waals surface area contributed by atoms with Crippen molar-refractivity contribution in [1.29, 1.82) is 0 Å². The molecule has 1 aromatic carbocycles. The molecule has 0 radical (unpaired) electrons. The number of carbonyl (C=O) groups is 1. The van der Waals surface area contributed by atoms with Gasteiger partial charge in [0.2, 0.25) is 5.28 Å². The van der Waals surface area contributed by atoms with Gasteiger partial charge in [-0.25, -0.2) is 4.98 Å². The molecule has 1 aliphatic heterocycles. The Morgan fingerprint density at radius 1 is 1.35 bits per heavy atom. The molecule has 0 saturated carbocycles. The van der Waals surface area contributed by atoms with Gasteiger partial charge in [-0.3, -0.25) is 14.1 Å². The zero-order valence-corrected chi connectivity index (χ0v) is 14.6. The van der Waals surface area contributed by atoms with Crippen molar-refractivity contribution in [2.45, 2.75) is 12.6 Å². The van der Waals surface area contributed by atoms with Gasteiger partial charge in [0.25, 0.3) is 5.91 Å². The summed E-state index contributed by atoms with van der Waals surface area (Å²) in [6.07, 6.45) is 2.35. The monoisotopic (exact) mass is 372 g/mol. The lowest BCUT2D eigenvalue weighted by molar-refractivity contribution is -0.133. The van der Waals surface area contributed by atoms with E-state index < -0.39 is 6.10 Å². The molecule has 134 valence electrons. The second-order valence-corrected chi connectivity index (χ2v) is 6.37. The minimum atomic E-state index is -0.564. The van der Waals surface area contributed by atoms with Crippen molar-refractivity contribution in [3.8, 4) is 0 Å². The van der Waals surface area contributed by atoms with Crippen molar-refractivity contribution in [2.75, 3.05) is 25.0 Å². The van der Waals surface area contributed by atoms with Crippen LogP contribution in [0.2, 0.25) is 5.28 Å². The van der Waals surface area contributed by atoms with Crippen LogP contribution in [0.25, 0.3) is 5.65 Å². The summed E-state index contributed by atoms with van der Waals surface area (Å²) >= 11 is 5.98. The molecule has 3 heterocycles. The molecule has 1 fully saturated rings. The Kier molecular flexibility index (Phi) is 4.79. The smallest absolute Gasteiger partial charge is 0.254 e. The largest absolute Gasteiger partial charge is 0.366 e. The molecule has 9 heteroatoms. The van der Waals surface area contributed by atoms with Gasteiger partial charge < -0.3 is 10.1 Å². The van der Waals surface area contributed by atoms with E-state index in [1.54, 1.807) is 0 Å². The van der Waals surface area contributed by atoms with E-state index >= 15 is 0 Å². The second-order valence-electron chi connectivity index (χ2n) is 6.03. The van der Waals surface area contributed by atoms with Gasteiger partial charge in [-0.05, 0) is 17.2 Å². The van der Waals surface area contributed by atoms with Crippen molar-refractivity contribution in [1.82, 2.24) is 24.5 Å². The number of amides is 1. The first-order chi connectivity index (χ1) is 12.7. The van der Waals surface area contributed by atoms with Gasteiger partial charge in [0.05, 0.1) is 12.8 Å². The van der Waals surface area contributed by atoms with Gasteiger partial charge in [0, 0.05) is 19.6 Å². The summed E-state index contributed by atoms with van der Waals surface area (Å²) < 4.78 is 7.15. The number of morpholine rings is 1. The molecule has 1 unspecified atom stereocenters. The van der Waals surface area contributed by atoms with Gasteiger partial charge in [-0.2, -0.15) is 0 Å². The third-order valence-electron chi connectivity index (χ3n) is 4.24. The summed E-state index contributed by atoms with van der Waals surface area (Å²) in [5.74, 6) is -0.239. The predicted octanol–water partition coefficient (Wildman–Crippen LogP) is 1.62. The minimum Gasteiger partial charge on any atom is -0.366 e. The first kappa shape index (κ1) is 16.9. The first-order valence-electron chi connectivity index (χ1n) is 8.24. The molecule has 0 aliphatic carbocycles. The van der Waals surface area contributed by atoms with Crippen molar-refractivity contribution in [3.63, 3.8) is 0 Å². The SMILES string of the molecule is O=C(Nc1cnc(Cl)n2cnnc12)C1CN(Cc2ccccc2)CCO1. The molecule has 0 spiro atoms. The van der Waals surface area contributed by atoms with Crippen LogP contribution in [0, 0.1) is 0 Å². The fourth-order valence-corrected chi connectivity index (χ4v) is 3.11. The van der Waals surface area contributed by atoms with Crippen LogP contribution < -0.4 is 5.32 Å². The van der Waals surface area contributed by atoms with Crippen LogP contribution in [-0.4, -0.2) is 56.2 Å². The van der Waals surface area contributed by atoms with Crippen LogP contribution in [0.15, 0.2) is 42.9 Å². The highest BCUT2D eigenvalue weighted by Crippen LogP contribution is 2.18. The number of benzene rings is 1. The Morgan fingerprint density at radius 3 is 3.04 bits per heavy atom. The zero-order chi connectivity index (χ0) is 17.9. The summed E-state index contributed by atoms with van der Waals surface area (Å²) in [6, 6.07) is 10.2. The maximum atomic E-state index is 12.6. The third-order valence-corrected chi connectivity index (χ3v) is 4.52. The van der Waals surface area contributed by atoms with Gasteiger partial charge in [0.1, 0.15) is 18.1 Å². The van der Waals surface area contributed by atoms with Crippen molar-refractivity contribution >= 4 is 28.8 Å². The zero-order valence-electron chi connectivity index (χ0n) is 13.9. The summed E-state index contributed by atoms with van der Waals surface area (Å²) in [5, 5.41) is 10.8. The van der Waals surface area contributed by atoms with Crippen LogP contribution in [-0.2, 0) is 16.1 Å². The van der Waals surface area contributed by atoms with E-state index in [2.05, 4.69) is 37.5 Å². The Balaban J connectivity index is 1.44. The molecule has 8 nitrogen and oxygen atoms in total. The van der Waals surface area contributed by atoms with E-state index in [1.807, 2.05) is 18.2 Å². The third kappa shape index (κ3) is 3.52. The highest BCUT2D eigenvalue weighted by Gasteiger charge is 2.27. The maximum Gasteiger partial charge on any atom is 0.254 e. The average Bonchev–Trinajstić information content (AvgIpc) is 3.16. The van der Waals surface area contributed by atoms with Gasteiger partial charge >= 0.3 is 0 Å². The Bertz CT molecular complexity index is 916. The number of halogens is 1. The van der Waals surface area contributed by atoms with Gasteiger partial charge in [-0.1, -0.05) is 30.3 Å². The number of nitrogens with zero attached hydrogens (tertiary/aromatic N) is 5. The number of carbonyl (C=O) groups excluding carboxylic acids is 1. The van der Waals surface area contributed by atoms with E-state index in [1.165, 1.54) is 22.5 Å². The Morgan fingerprint density at radius 2 is 2.19 bits per heavy atom. The molecular weight excluding hydrogens is 356 g/mol. The number of anilines is 1. The van der Waals surface area contributed by atoms with Gasteiger partial charge in [-0.15, -0.1) is 10.2 Å². The van der Waals surface area contributed by atoms with E-state index in [0.717, 1.165) is 13.1 Å². The van der Waals surface area contributed by atoms with Crippen LogP contribution in [0.3, 0.4) is 0 Å². The highest BCUT2D eigenvalue weighted by atomic mass is 35.5.